The number of nitrogens with zero attached hydrogens (tertiary/aromatic N) is 2. The van der Waals surface area contributed by atoms with E-state index in [1.807, 2.05) is 31.2 Å². The third-order valence-electron chi connectivity index (χ3n) is 7.49. The molecule has 0 aromatic heterocycles. The SMILES string of the molecule is CCC(C(=O)NC1CCCCC1)N(Cc1cccc(OC)c1)C(=O)CCCN1C(=O)c2ccccc2S1(=O)=O. The van der Waals surface area contributed by atoms with Crippen LogP contribution < -0.4 is 10.1 Å². The molecule has 210 valence electrons. The number of fused-ring (bicyclic) bond motifs is 1. The largest absolute Gasteiger partial charge is 0.497 e. The fourth-order valence-electron chi connectivity index (χ4n) is 5.40. The quantitative estimate of drug-likeness (QED) is 0.450. The Morgan fingerprint density at radius 1 is 1.10 bits per heavy atom. The van der Waals surface area contributed by atoms with Gasteiger partial charge < -0.3 is 15.0 Å². The average Bonchev–Trinajstić information content (AvgIpc) is 3.14. The van der Waals surface area contributed by atoms with E-state index in [1.54, 1.807) is 24.1 Å². The van der Waals surface area contributed by atoms with E-state index in [1.165, 1.54) is 18.6 Å². The van der Waals surface area contributed by atoms with Crippen LogP contribution in [0.5, 0.6) is 5.75 Å². The standard InChI is InChI=1S/C29H37N3O6S/c1-3-25(28(34)30-22-12-5-4-6-13-22)31(20-21-11-9-14-23(19-21)38-2)27(33)17-10-18-32-29(35)24-15-7-8-16-26(24)39(32,36)37/h7-9,11,14-16,19,22,25H,3-6,10,12-13,17-18,20H2,1-2H3,(H,30,34). The summed E-state index contributed by atoms with van der Waals surface area (Å²) >= 11 is 0. The van der Waals surface area contributed by atoms with E-state index in [0.29, 0.717) is 12.2 Å². The lowest BCUT2D eigenvalue weighted by molar-refractivity contribution is -0.141. The highest BCUT2D eigenvalue weighted by Crippen LogP contribution is 2.30. The molecule has 1 unspecified atom stereocenters. The molecule has 2 aromatic rings. The number of nitrogens with one attached hydrogen (secondary N) is 1. The summed E-state index contributed by atoms with van der Waals surface area (Å²) in [6.45, 7) is 1.97. The molecule has 2 aliphatic rings. The molecule has 9 nitrogen and oxygen atoms in total. The van der Waals surface area contributed by atoms with Gasteiger partial charge >= 0.3 is 0 Å². The molecule has 4 rings (SSSR count). The van der Waals surface area contributed by atoms with Gasteiger partial charge in [-0.25, -0.2) is 12.7 Å². The smallest absolute Gasteiger partial charge is 0.269 e. The summed E-state index contributed by atoms with van der Waals surface area (Å²) in [4.78, 5) is 41.3. The van der Waals surface area contributed by atoms with Crippen LogP contribution in [-0.4, -0.2) is 61.1 Å². The summed E-state index contributed by atoms with van der Waals surface area (Å²) in [5.41, 5.74) is 0.966. The van der Waals surface area contributed by atoms with E-state index >= 15 is 0 Å². The number of benzene rings is 2. The van der Waals surface area contributed by atoms with Crippen LogP contribution in [0.25, 0.3) is 0 Å². The first kappa shape index (κ1) is 28.6. The minimum absolute atomic E-state index is 0.00712. The van der Waals surface area contributed by atoms with Crippen LogP contribution in [0.4, 0.5) is 0 Å². The third kappa shape index (κ3) is 6.43. The van der Waals surface area contributed by atoms with Crippen molar-refractivity contribution in [3.8, 4) is 5.75 Å². The number of carbonyl (C=O) groups excluding carboxylic acids is 3. The summed E-state index contributed by atoms with van der Waals surface area (Å²) in [6.07, 6.45) is 5.78. The molecule has 1 fully saturated rings. The molecule has 39 heavy (non-hydrogen) atoms. The third-order valence-corrected chi connectivity index (χ3v) is 9.33. The normalized spacial score (nSPS) is 17.4. The van der Waals surface area contributed by atoms with Crippen LogP contribution in [0.1, 0.15) is 74.2 Å². The topological polar surface area (TPSA) is 113 Å². The summed E-state index contributed by atoms with van der Waals surface area (Å²) in [5, 5.41) is 3.15. The van der Waals surface area contributed by atoms with Crippen molar-refractivity contribution in [2.45, 2.75) is 81.8 Å². The monoisotopic (exact) mass is 555 g/mol. The Balaban J connectivity index is 1.48. The van der Waals surface area contributed by atoms with E-state index in [2.05, 4.69) is 5.32 Å². The van der Waals surface area contributed by atoms with Gasteiger partial charge in [-0.2, -0.15) is 0 Å². The lowest BCUT2D eigenvalue weighted by Crippen LogP contribution is -2.51. The van der Waals surface area contributed by atoms with Crippen LogP contribution in [0.2, 0.25) is 0 Å². The number of hydrogen-bond donors (Lipinski definition) is 1. The van der Waals surface area contributed by atoms with Crippen molar-refractivity contribution >= 4 is 27.7 Å². The van der Waals surface area contributed by atoms with Crippen molar-refractivity contribution in [1.82, 2.24) is 14.5 Å². The number of rotatable bonds is 11. The number of amides is 3. The van der Waals surface area contributed by atoms with Crippen LogP contribution in [0, 0.1) is 0 Å². The predicted molar refractivity (Wildman–Crippen MR) is 147 cm³/mol. The van der Waals surface area contributed by atoms with Crippen molar-refractivity contribution in [3.05, 3.63) is 59.7 Å². The fraction of sp³-hybridized carbons (Fsp3) is 0.483. The van der Waals surface area contributed by atoms with Gasteiger partial charge in [0.2, 0.25) is 11.8 Å². The first-order valence-corrected chi connectivity index (χ1v) is 15.1. The predicted octanol–water partition coefficient (Wildman–Crippen LogP) is 3.88. The first-order valence-electron chi connectivity index (χ1n) is 13.6. The molecule has 1 atom stereocenters. The van der Waals surface area contributed by atoms with Gasteiger partial charge in [0.1, 0.15) is 16.7 Å². The Labute approximate surface area is 230 Å². The van der Waals surface area contributed by atoms with Crippen molar-refractivity contribution in [2.75, 3.05) is 13.7 Å². The van der Waals surface area contributed by atoms with E-state index in [4.69, 9.17) is 4.74 Å². The number of ether oxygens (including phenoxy) is 1. The van der Waals surface area contributed by atoms with Crippen molar-refractivity contribution in [3.63, 3.8) is 0 Å². The van der Waals surface area contributed by atoms with Gasteiger partial charge in [-0.05, 0) is 55.5 Å². The maximum atomic E-state index is 13.6. The first-order chi connectivity index (χ1) is 18.8. The van der Waals surface area contributed by atoms with Crippen molar-refractivity contribution < 1.29 is 27.5 Å². The summed E-state index contributed by atoms with van der Waals surface area (Å²) < 4.78 is 31.9. The molecule has 1 N–H and O–H groups in total. The molecule has 10 heteroatoms. The van der Waals surface area contributed by atoms with E-state index in [9.17, 15) is 22.8 Å². The second kappa shape index (κ2) is 12.6. The van der Waals surface area contributed by atoms with Gasteiger partial charge in [-0.3, -0.25) is 14.4 Å². The van der Waals surface area contributed by atoms with E-state index < -0.39 is 22.0 Å². The van der Waals surface area contributed by atoms with Gasteiger partial charge in [0.05, 0.1) is 12.7 Å². The summed E-state index contributed by atoms with van der Waals surface area (Å²) in [6, 6.07) is 12.9. The molecule has 0 saturated heterocycles. The lowest BCUT2D eigenvalue weighted by atomic mass is 9.95. The molecule has 1 heterocycles. The Morgan fingerprint density at radius 3 is 2.54 bits per heavy atom. The zero-order chi connectivity index (χ0) is 28.0. The van der Waals surface area contributed by atoms with Crippen molar-refractivity contribution in [1.29, 1.82) is 0 Å². The highest BCUT2D eigenvalue weighted by Gasteiger charge is 2.40. The highest BCUT2D eigenvalue weighted by molar-refractivity contribution is 7.90. The van der Waals surface area contributed by atoms with Crippen LogP contribution in [-0.2, 0) is 26.2 Å². The van der Waals surface area contributed by atoms with Crippen LogP contribution in [0.15, 0.2) is 53.4 Å². The molecule has 2 aromatic carbocycles. The molecule has 1 aliphatic heterocycles. The Hall–Kier alpha value is -3.40. The minimum Gasteiger partial charge on any atom is -0.497 e. The highest BCUT2D eigenvalue weighted by atomic mass is 32.2. The molecule has 1 saturated carbocycles. The summed E-state index contributed by atoms with van der Waals surface area (Å²) in [5.74, 6) is -0.375. The summed E-state index contributed by atoms with van der Waals surface area (Å²) in [7, 11) is -2.37. The van der Waals surface area contributed by atoms with Gasteiger partial charge in [-0.1, -0.05) is 50.5 Å². The molecule has 0 radical (unpaired) electrons. The van der Waals surface area contributed by atoms with Gasteiger partial charge in [0, 0.05) is 25.6 Å². The molecule has 0 spiro atoms. The molecule has 3 amide bonds. The second-order valence-electron chi connectivity index (χ2n) is 10.1. The maximum absolute atomic E-state index is 13.6. The Morgan fingerprint density at radius 2 is 1.85 bits per heavy atom. The number of carbonyl (C=O) groups is 3. The van der Waals surface area contributed by atoms with Crippen molar-refractivity contribution in [2.24, 2.45) is 0 Å². The minimum atomic E-state index is -3.94. The second-order valence-corrected chi connectivity index (χ2v) is 12.0. The van der Waals surface area contributed by atoms with E-state index in [0.717, 1.165) is 35.6 Å². The molecular formula is C29H37N3O6S. The molecular weight excluding hydrogens is 518 g/mol. The lowest BCUT2D eigenvalue weighted by Gasteiger charge is -2.33. The van der Waals surface area contributed by atoms with Gasteiger partial charge in [0.25, 0.3) is 15.9 Å². The number of methoxy groups -OCH3 is 1. The molecule has 0 bridgehead atoms. The van der Waals surface area contributed by atoms with Crippen LogP contribution in [0.3, 0.4) is 0 Å². The number of sulfonamides is 1. The zero-order valence-corrected chi connectivity index (χ0v) is 23.4. The maximum Gasteiger partial charge on any atom is 0.269 e. The average molecular weight is 556 g/mol. The fourth-order valence-corrected chi connectivity index (χ4v) is 7.01. The molecule has 1 aliphatic carbocycles. The van der Waals surface area contributed by atoms with E-state index in [-0.39, 0.29) is 54.2 Å². The number of hydrogen-bond acceptors (Lipinski definition) is 6. The van der Waals surface area contributed by atoms with Gasteiger partial charge in [0.15, 0.2) is 0 Å². The Kier molecular flexibility index (Phi) is 9.27. The van der Waals surface area contributed by atoms with Crippen LogP contribution >= 0.6 is 0 Å². The Bertz CT molecular complexity index is 1310. The van der Waals surface area contributed by atoms with Gasteiger partial charge in [-0.15, -0.1) is 0 Å². The zero-order valence-electron chi connectivity index (χ0n) is 22.6.